The number of aryl methyl sites for hydroxylation is 2. The van der Waals surface area contributed by atoms with E-state index in [0.717, 1.165) is 44.4 Å². The smallest absolute Gasteiger partial charge is 0.121 e. The molecule has 5 nitrogen and oxygen atoms in total. The van der Waals surface area contributed by atoms with Gasteiger partial charge in [0.05, 0.1) is 28.3 Å². The van der Waals surface area contributed by atoms with E-state index >= 15 is 0 Å². The van der Waals surface area contributed by atoms with E-state index in [-0.39, 0.29) is 48.5 Å². The molecule has 6 heteroatoms. The molecule has 0 saturated heterocycles. The average molecular weight is 1170 g/mol. The van der Waals surface area contributed by atoms with E-state index in [1.54, 1.807) is 6.07 Å². The fourth-order valence-electron chi connectivity index (χ4n) is 11.3. The topological polar surface area (TPSA) is 56.7 Å². The molecule has 0 atom stereocenters. The molecular formula is C70H62IrN4O-2. The third kappa shape index (κ3) is 8.57. The number of aromatic nitrogens is 4. The van der Waals surface area contributed by atoms with Crippen molar-refractivity contribution in [3.05, 3.63) is 215 Å². The van der Waals surface area contributed by atoms with Gasteiger partial charge < -0.3 is 8.98 Å². The van der Waals surface area contributed by atoms with Gasteiger partial charge in [-0.05, 0) is 133 Å². The third-order valence-corrected chi connectivity index (χ3v) is 15.2. The summed E-state index contributed by atoms with van der Waals surface area (Å²) in [6.45, 7) is 15.1. The number of para-hydroxylation sites is 2. The van der Waals surface area contributed by atoms with Crippen molar-refractivity contribution in [1.29, 1.82) is 0 Å². The molecule has 0 unspecified atom stereocenters. The predicted molar refractivity (Wildman–Crippen MR) is 313 cm³/mol. The van der Waals surface area contributed by atoms with Gasteiger partial charge in [0, 0.05) is 62.1 Å². The standard InChI is InChI=1S/C54H43N2O.C16H19N2.Ir/c1-31(2)42-27-36(34-24-25-39-38-16-9-10-19-46(38)54(5,6)47(39)29-34)28-43(32(3)4)51(42)56-49-21-12-11-20-48(49)55-53(56)41-18-13-17-40-45-26-35-23-22-33-14-7-8-15-37(33)44(35)30-50(45)57-52(40)41;1-11-6-8-13(9-7-11)15-17-10-12(2)14(18-15)16(3,4)5;/h7-17,19-32H,1-6H3;6-8,10H,1-5H3;/q2*-1;/i;1D3,2D3;. The maximum absolute atomic E-state index is 7.65. The van der Waals surface area contributed by atoms with Crippen molar-refractivity contribution in [2.75, 3.05) is 0 Å². The molecule has 1 aliphatic carbocycles. The number of fused-ring (bicyclic) bond motifs is 10. The van der Waals surface area contributed by atoms with Gasteiger partial charge in [0.15, 0.2) is 0 Å². The number of hydrogen-bond acceptors (Lipinski definition) is 4. The van der Waals surface area contributed by atoms with Crippen molar-refractivity contribution >= 4 is 54.5 Å². The quantitative estimate of drug-likeness (QED) is 0.123. The molecule has 3 aromatic heterocycles. The van der Waals surface area contributed by atoms with Crippen LogP contribution in [0.4, 0.5) is 0 Å². The molecule has 76 heavy (non-hydrogen) atoms. The minimum absolute atomic E-state index is 0. The maximum Gasteiger partial charge on any atom is 0.121 e. The molecule has 0 spiro atoms. The van der Waals surface area contributed by atoms with Crippen LogP contribution >= 0.6 is 0 Å². The van der Waals surface area contributed by atoms with E-state index in [1.807, 2.05) is 26.8 Å². The number of imidazole rings is 1. The second-order valence-electron chi connectivity index (χ2n) is 22.3. The zero-order chi connectivity index (χ0) is 57.1. The third-order valence-electron chi connectivity index (χ3n) is 15.2. The summed E-state index contributed by atoms with van der Waals surface area (Å²) in [6, 6.07) is 62.0. The van der Waals surface area contributed by atoms with E-state index in [2.05, 4.69) is 202 Å². The zero-order valence-electron chi connectivity index (χ0n) is 50.3. The van der Waals surface area contributed by atoms with Crippen LogP contribution in [-0.2, 0) is 30.9 Å². The second kappa shape index (κ2) is 19.3. The molecule has 0 bridgehead atoms. The molecular weight excluding hydrogens is 1110 g/mol. The second-order valence-corrected chi connectivity index (χ2v) is 22.3. The summed E-state index contributed by atoms with van der Waals surface area (Å²) in [7, 11) is 0. The van der Waals surface area contributed by atoms with Crippen molar-refractivity contribution < 1.29 is 32.7 Å². The summed E-state index contributed by atoms with van der Waals surface area (Å²) in [4.78, 5) is 14.0. The molecule has 1 radical (unpaired) electrons. The van der Waals surface area contributed by atoms with Gasteiger partial charge in [0.25, 0.3) is 0 Å². The monoisotopic (exact) mass is 1170 g/mol. The van der Waals surface area contributed by atoms with Crippen LogP contribution in [0.3, 0.4) is 0 Å². The molecule has 12 aromatic rings. The van der Waals surface area contributed by atoms with Crippen LogP contribution in [0.5, 0.6) is 0 Å². The van der Waals surface area contributed by atoms with Gasteiger partial charge >= 0.3 is 0 Å². The Morgan fingerprint density at radius 2 is 1.38 bits per heavy atom. The normalized spacial score (nSPS) is 14.4. The van der Waals surface area contributed by atoms with Gasteiger partial charge in [-0.2, -0.15) is 0 Å². The Morgan fingerprint density at radius 1 is 0.645 bits per heavy atom. The Kier molecular flexibility index (Phi) is 11.1. The fraction of sp³-hybridized carbons (Fsp3) is 0.214. The van der Waals surface area contributed by atoms with Gasteiger partial charge in [-0.3, -0.25) is 15.0 Å². The Bertz CT molecular complexity index is 4440. The van der Waals surface area contributed by atoms with Crippen molar-refractivity contribution in [1.82, 2.24) is 19.5 Å². The zero-order valence-corrected chi connectivity index (χ0v) is 46.7. The van der Waals surface area contributed by atoms with Gasteiger partial charge in [0.1, 0.15) is 5.58 Å². The molecule has 9 aromatic carbocycles. The average Bonchev–Trinajstić information content (AvgIpc) is 3.72. The van der Waals surface area contributed by atoms with E-state index in [4.69, 9.17) is 17.6 Å². The summed E-state index contributed by atoms with van der Waals surface area (Å²) in [5, 5.41) is 7.01. The summed E-state index contributed by atoms with van der Waals surface area (Å²) < 4.78 is 54.4. The summed E-state index contributed by atoms with van der Waals surface area (Å²) in [6.07, 6.45) is 1.32. The maximum atomic E-state index is 7.65. The minimum Gasteiger partial charge on any atom is -0.501 e. The first-order valence-corrected chi connectivity index (χ1v) is 26.0. The molecule has 13 rings (SSSR count). The van der Waals surface area contributed by atoms with Crippen molar-refractivity contribution in [3.63, 3.8) is 0 Å². The molecule has 0 aliphatic heterocycles. The molecule has 0 N–H and O–H groups in total. The predicted octanol–water partition coefficient (Wildman–Crippen LogP) is 18.8. The number of hydrogen-bond donors (Lipinski definition) is 0. The summed E-state index contributed by atoms with van der Waals surface area (Å²) >= 11 is 0. The van der Waals surface area contributed by atoms with E-state index in [1.165, 1.54) is 90.1 Å². The Hall–Kier alpha value is -7.50. The molecule has 1 aliphatic rings. The van der Waals surface area contributed by atoms with Crippen LogP contribution in [0.15, 0.2) is 168 Å². The minimum atomic E-state index is -2.30. The number of furan rings is 1. The van der Waals surface area contributed by atoms with Gasteiger partial charge in [0.2, 0.25) is 0 Å². The number of benzene rings is 9. The molecule has 0 fully saturated rings. The van der Waals surface area contributed by atoms with Crippen LogP contribution in [0.25, 0.3) is 105 Å². The van der Waals surface area contributed by atoms with Crippen molar-refractivity contribution in [3.8, 4) is 50.7 Å². The summed E-state index contributed by atoms with van der Waals surface area (Å²) in [5.74, 6) is 1.65. The van der Waals surface area contributed by atoms with Crippen LogP contribution < -0.4 is 0 Å². The summed E-state index contributed by atoms with van der Waals surface area (Å²) in [5.41, 5.74) is 17.0. The molecule has 3 heterocycles. The van der Waals surface area contributed by atoms with E-state index in [0.29, 0.717) is 17.1 Å². The Labute approximate surface area is 468 Å². The molecule has 0 saturated carbocycles. The van der Waals surface area contributed by atoms with Crippen LogP contribution in [0, 0.1) is 25.8 Å². The number of rotatable bonds is 6. The van der Waals surface area contributed by atoms with Gasteiger partial charge in [-0.25, -0.2) is 0 Å². The van der Waals surface area contributed by atoms with Gasteiger partial charge in [-0.1, -0.05) is 165 Å². The largest absolute Gasteiger partial charge is 0.501 e. The first-order chi connectivity index (χ1) is 38.5. The number of nitrogens with zero attached hydrogens (tertiary/aromatic N) is 4. The first kappa shape index (κ1) is 43.7. The first-order valence-electron chi connectivity index (χ1n) is 29.0. The van der Waals surface area contributed by atoms with Crippen molar-refractivity contribution in [2.45, 2.75) is 98.7 Å². The van der Waals surface area contributed by atoms with Gasteiger partial charge in [-0.15, -0.1) is 53.6 Å². The van der Waals surface area contributed by atoms with Crippen molar-refractivity contribution in [2.24, 2.45) is 0 Å². The molecule has 379 valence electrons. The van der Waals surface area contributed by atoms with Crippen LogP contribution in [0.1, 0.15) is 121 Å². The van der Waals surface area contributed by atoms with E-state index < -0.39 is 19.1 Å². The van der Waals surface area contributed by atoms with E-state index in [9.17, 15) is 0 Å². The fourth-order valence-corrected chi connectivity index (χ4v) is 11.3. The van der Waals surface area contributed by atoms with Crippen LogP contribution in [0.2, 0.25) is 0 Å². The van der Waals surface area contributed by atoms with Crippen LogP contribution in [-0.4, -0.2) is 19.5 Å². The molecule has 0 amide bonds. The Morgan fingerprint density at radius 3 is 2.13 bits per heavy atom. The SMILES string of the molecule is CC(C)c1cc(-c2ccc3c(c2)C(C)(C)c2ccccc2-3)cc(C(C)C)c1-n1c(-c2[c-]ccc3c2oc2cc4c(ccc5ccccc54)cc23)nc2ccccc21.[2H]C([2H])([2H])c1c[c-]c(-c2ncc(C([2H])([2H])[2H])c(C(C)(C)C)n2)cc1.[Ir]. The Balaban J connectivity index is 0.000000239.